The van der Waals surface area contributed by atoms with Crippen LogP contribution in [0.5, 0.6) is 0 Å². The van der Waals surface area contributed by atoms with Crippen molar-refractivity contribution < 1.29 is 28.6 Å². The molecule has 0 aliphatic carbocycles. The molecule has 6 nitrogen and oxygen atoms in total. The van der Waals surface area contributed by atoms with Gasteiger partial charge in [0.1, 0.15) is 13.2 Å². The van der Waals surface area contributed by atoms with E-state index >= 15 is 0 Å². The second kappa shape index (κ2) is 69.9. The van der Waals surface area contributed by atoms with Gasteiger partial charge in [-0.1, -0.05) is 365 Å². The Morgan fingerprint density at radius 3 is 0.753 bits per heavy atom. The van der Waals surface area contributed by atoms with E-state index < -0.39 is 6.10 Å². The first-order valence-corrected chi connectivity index (χ1v) is 36.1. The Hall–Kier alpha value is -2.63. The molecule has 0 radical (unpaired) electrons. The number of allylic oxidation sites excluding steroid dienone is 8. The van der Waals surface area contributed by atoms with Gasteiger partial charge in [0.05, 0.1) is 0 Å². The van der Waals surface area contributed by atoms with Gasteiger partial charge in [-0.05, 0) is 57.8 Å². The molecule has 0 aromatic carbocycles. The Morgan fingerprint density at radius 1 is 0.259 bits per heavy atom. The zero-order valence-electron chi connectivity index (χ0n) is 54.6. The van der Waals surface area contributed by atoms with Crippen LogP contribution in [0.2, 0.25) is 0 Å². The molecule has 0 saturated heterocycles. The highest BCUT2D eigenvalue weighted by Gasteiger charge is 2.19. The molecule has 0 aromatic heterocycles. The number of carbonyl (C=O) groups is 3. The van der Waals surface area contributed by atoms with Crippen LogP contribution in [0.3, 0.4) is 0 Å². The molecule has 0 spiro atoms. The molecule has 0 rings (SSSR count). The van der Waals surface area contributed by atoms with Crippen molar-refractivity contribution in [1.29, 1.82) is 0 Å². The van der Waals surface area contributed by atoms with Crippen molar-refractivity contribution >= 4 is 17.9 Å². The first-order valence-electron chi connectivity index (χ1n) is 36.1. The molecule has 0 heterocycles. The number of hydrogen-bond acceptors (Lipinski definition) is 6. The molecule has 6 heteroatoms. The van der Waals surface area contributed by atoms with Gasteiger partial charge in [0, 0.05) is 19.3 Å². The van der Waals surface area contributed by atoms with Crippen LogP contribution < -0.4 is 0 Å². The molecule has 0 aliphatic rings. The summed E-state index contributed by atoms with van der Waals surface area (Å²) in [4.78, 5) is 38.4. The van der Waals surface area contributed by atoms with Gasteiger partial charge in [-0.25, -0.2) is 0 Å². The number of carbonyl (C=O) groups excluding carboxylic acids is 3. The number of esters is 3. The van der Waals surface area contributed by atoms with Crippen LogP contribution in [-0.2, 0) is 28.6 Å². The Bertz CT molecular complexity index is 1400. The molecular weight excluding hydrogens is 997 g/mol. The third-order valence-electron chi connectivity index (χ3n) is 16.3. The summed E-state index contributed by atoms with van der Waals surface area (Å²) >= 11 is 0. The predicted octanol–water partition coefficient (Wildman–Crippen LogP) is 24.9. The average Bonchev–Trinajstić information content (AvgIpc) is 3.47. The Morgan fingerprint density at radius 2 is 0.481 bits per heavy atom. The fourth-order valence-electron chi connectivity index (χ4n) is 11.0. The summed E-state index contributed by atoms with van der Waals surface area (Å²) in [6.45, 7) is 6.59. The van der Waals surface area contributed by atoms with Crippen LogP contribution in [0.25, 0.3) is 0 Å². The Balaban J connectivity index is 4.13. The van der Waals surface area contributed by atoms with Gasteiger partial charge in [0.25, 0.3) is 0 Å². The molecule has 0 bridgehead atoms. The van der Waals surface area contributed by atoms with E-state index in [0.717, 1.165) is 83.5 Å². The summed E-state index contributed by atoms with van der Waals surface area (Å²) in [5.74, 6) is -0.840. The van der Waals surface area contributed by atoms with Crippen LogP contribution in [0.1, 0.15) is 393 Å². The van der Waals surface area contributed by atoms with Crippen molar-refractivity contribution in [3.63, 3.8) is 0 Å². The quantitative estimate of drug-likeness (QED) is 0.0261. The minimum atomic E-state index is -0.769. The monoisotopic (exact) mass is 1140 g/mol. The average molecular weight is 1140 g/mol. The lowest BCUT2D eigenvalue weighted by Gasteiger charge is -2.18. The van der Waals surface area contributed by atoms with Crippen molar-refractivity contribution in [3.8, 4) is 0 Å². The summed E-state index contributed by atoms with van der Waals surface area (Å²) in [6.07, 6.45) is 88.7. The lowest BCUT2D eigenvalue weighted by molar-refractivity contribution is -0.167. The van der Waals surface area contributed by atoms with Gasteiger partial charge in [0.15, 0.2) is 6.10 Å². The highest BCUT2D eigenvalue weighted by atomic mass is 16.6. The number of ether oxygens (including phenoxy) is 3. The fraction of sp³-hybridized carbons (Fsp3) is 0.853. The standard InChI is InChI=1S/C75H138O6/c1-4-7-10-13-16-19-22-24-26-28-30-32-34-36-38-40-41-43-45-47-49-51-53-56-59-62-65-68-74(77)80-71-72(70-79-73(76)67-64-61-58-55-21-18-15-12-9-6-3)81-75(78)69-66-63-60-57-54-52-50-48-46-44-42-39-37-35-33-31-29-27-25-23-20-17-14-11-8-5-2/h7,10,16,19,24,26,30,32,72H,4-6,8-9,11-15,17-18,20-23,25,27-29,31,33-71H2,1-3H3/b10-7-,19-16-,26-24-,32-30-. The lowest BCUT2D eigenvalue weighted by Crippen LogP contribution is -2.30. The molecule has 0 amide bonds. The first-order chi connectivity index (χ1) is 40.0. The minimum absolute atomic E-state index is 0.0666. The Labute approximate surface area is 505 Å². The van der Waals surface area contributed by atoms with E-state index in [9.17, 15) is 14.4 Å². The van der Waals surface area contributed by atoms with Gasteiger partial charge >= 0.3 is 17.9 Å². The van der Waals surface area contributed by atoms with Crippen molar-refractivity contribution in [1.82, 2.24) is 0 Å². The highest BCUT2D eigenvalue weighted by molar-refractivity contribution is 5.71. The van der Waals surface area contributed by atoms with Crippen LogP contribution >= 0.6 is 0 Å². The second-order valence-electron chi connectivity index (χ2n) is 24.5. The van der Waals surface area contributed by atoms with Gasteiger partial charge in [-0.3, -0.25) is 14.4 Å². The number of unbranched alkanes of at least 4 members (excludes halogenated alkanes) is 48. The van der Waals surface area contributed by atoms with E-state index in [1.165, 1.54) is 270 Å². The van der Waals surface area contributed by atoms with Crippen LogP contribution in [-0.4, -0.2) is 37.2 Å². The summed E-state index contributed by atoms with van der Waals surface area (Å²) in [6, 6.07) is 0. The summed E-state index contributed by atoms with van der Waals surface area (Å²) in [5, 5.41) is 0. The molecule has 0 aliphatic heterocycles. The zero-order chi connectivity index (χ0) is 58.5. The topological polar surface area (TPSA) is 78.9 Å². The molecule has 0 saturated carbocycles. The van der Waals surface area contributed by atoms with Crippen molar-refractivity contribution in [3.05, 3.63) is 48.6 Å². The largest absolute Gasteiger partial charge is 0.462 e. The third-order valence-corrected chi connectivity index (χ3v) is 16.3. The van der Waals surface area contributed by atoms with E-state index in [-0.39, 0.29) is 31.1 Å². The molecule has 81 heavy (non-hydrogen) atoms. The van der Waals surface area contributed by atoms with Crippen LogP contribution in [0, 0.1) is 0 Å². The maximum atomic E-state index is 12.9. The number of hydrogen-bond donors (Lipinski definition) is 0. The summed E-state index contributed by atoms with van der Waals surface area (Å²) in [5.41, 5.74) is 0. The van der Waals surface area contributed by atoms with Crippen molar-refractivity contribution in [2.45, 2.75) is 399 Å². The first kappa shape index (κ1) is 78.4. The van der Waals surface area contributed by atoms with E-state index in [2.05, 4.69) is 69.4 Å². The van der Waals surface area contributed by atoms with Crippen molar-refractivity contribution in [2.24, 2.45) is 0 Å². The van der Waals surface area contributed by atoms with E-state index in [1.807, 2.05) is 0 Å². The molecule has 1 unspecified atom stereocenters. The van der Waals surface area contributed by atoms with E-state index in [4.69, 9.17) is 14.2 Å². The highest BCUT2D eigenvalue weighted by Crippen LogP contribution is 2.19. The molecule has 474 valence electrons. The van der Waals surface area contributed by atoms with E-state index in [0.29, 0.717) is 19.3 Å². The molecule has 0 aromatic rings. The minimum Gasteiger partial charge on any atom is -0.462 e. The lowest BCUT2D eigenvalue weighted by atomic mass is 10.0. The summed E-state index contributed by atoms with van der Waals surface area (Å²) < 4.78 is 17.0. The molecule has 0 fully saturated rings. The normalized spacial score (nSPS) is 12.3. The predicted molar refractivity (Wildman–Crippen MR) is 353 cm³/mol. The maximum Gasteiger partial charge on any atom is 0.306 e. The third kappa shape index (κ3) is 68.0. The van der Waals surface area contributed by atoms with E-state index in [1.54, 1.807) is 0 Å². The van der Waals surface area contributed by atoms with Gasteiger partial charge in [-0.2, -0.15) is 0 Å². The van der Waals surface area contributed by atoms with Gasteiger partial charge in [-0.15, -0.1) is 0 Å². The summed E-state index contributed by atoms with van der Waals surface area (Å²) in [7, 11) is 0. The molecule has 0 N–H and O–H groups in total. The Kier molecular flexibility index (Phi) is 67.6. The molecule has 1 atom stereocenters. The van der Waals surface area contributed by atoms with Crippen LogP contribution in [0.4, 0.5) is 0 Å². The van der Waals surface area contributed by atoms with Crippen molar-refractivity contribution in [2.75, 3.05) is 13.2 Å². The molecular formula is C75H138O6. The second-order valence-corrected chi connectivity index (χ2v) is 24.5. The van der Waals surface area contributed by atoms with Gasteiger partial charge < -0.3 is 14.2 Å². The maximum absolute atomic E-state index is 12.9. The number of rotatable bonds is 67. The fourth-order valence-corrected chi connectivity index (χ4v) is 11.0. The zero-order valence-corrected chi connectivity index (χ0v) is 54.6. The SMILES string of the molecule is CC/C=C\C/C=C\C/C=C\C/C=C\CCCCCCCCCCCCCCCCC(=O)OCC(COC(=O)CCCCCCCCCCCC)OC(=O)CCCCCCCCCCCCCCCCCCCCCCCCCCCC. The van der Waals surface area contributed by atoms with Crippen LogP contribution in [0.15, 0.2) is 48.6 Å². The van der Waals surface area contributed by atoms with Gasteiger partial charge in [0.2, 0.25) is 0 Å². The smallest absolute Gasteiger partial charge is 0.306 e.